The Bertz CT molecular complexity index is 652. The van der Waals surface area contributed by atoms with E-state index in [1.165, 1.54) is 22.8 Å². The third kappa shape index (κ3) is 3.45. The number of hydrogen-bond acceptors (Lipinski definition) is 1. The normalized spacial score (nSPS) is 12.5. The van der Waals surface area contributed by atoms with Crippen molar-refractivity contribution >= 4 is 11.6 Å². The van der Waals surface area contributed by atoms with Crippen molar-refractivity contribution in [1.29, 1.82) is 0 Å². The van der Waals surface area contributed by atoms with Crippen LogP contribution in [0.1, 0.15) is 40.8 Å². The molecule has 3 heteroatoms. The van der Waals surface area contributed by atoms with Crippen LogP contribution in [0.2, 0.25) is 5.02 Å². The van der Waals surface area contributed by atoms with Crippen molar-refractivity contribution in [2.45, 2.75) is 33.7 Å². The highest BCUT2D eigenvalue weighted by molar-refractivity contribution is 6.31. The lowest BCUT2D eigenvalue weighted by atomic mass is 9.93. The minimum atomic E-state index is -0.264. The summed E-state index contributed by atoms with van der Waals surface area (Å²) in [7, 11) is 0. The average molecular weight is 306 g/mol. The summed E-state index contributed by atoms with van der Waals surface area (Å²) in [4.78, 5) is 0. The summed E-state index contributed by atoms with van der Waals surface area (Å²) in [6.45, 7) is 8.80. The van der Waals surface area contributed by atoms with Crippen molar-refractivity contribution in [3.05, 3.63) is 69.0 Å². The summed E-state index contributed by atoms with van der Waals surface area (Å²) in [6, 6.07) is 9.58. The van der Waals surface area contributed by atoms with Crippen LogP contribution in [0.3, 0.4) is 0 Å². The second-order valence-electron chi connectivity index (χ2n) is 5.47. The van der Waals surface area contributed by atoms with Gasteiger partial charge in [0.1, 0.15) is 5.82 Å². The first-order valence-electron chi connectivity index (χ1n) is 7.20. The summed E-state index contributed by atoms with van der Waals surface area (Å²) >= 11 is 6.29. The van der Waals surface area contributed by atoms with E-state index < -0.39 is 0 Å². The summed E-state index contributed by atoms with van der Waals surface area (Å²) < 4.78 is 13.6. The summed E-state index contributed by atoms with van der Waals surface area (Å²) in [5, 5.41) is 3.92. The first-order valence-corrected chi connectivity index (χ1v) is 7.58. The van der Waals surface area contributed by atoms with Crippen LogP contribution in [-0.2, 0) is 0 Å². The summed E-state index contributed by atoms with van der Waals surface area (Å²) in [5.74, 6) is -0.264. The predicted molar refractivity (Wildman–Crippen MR) is 87.6 cm³/mol. The summed E-state index contributed by atoms with van der Waals surface area (Å²) in [6.07, 6.45) is 0. The molecule has 0 fully saturated rings. The molecule has 0 radical (unpaired) electrons. The van der Waals surface area contributed by atoms with E-state index >= 15 is 0 Å². The molecule has 0 aromatic heterocycles. The van der Waals surface area contributed by atoms with Crippen LogP contribution < -0.4 is 5.32 Å². The number of aryl methyl sites for hydroxylation is 3. The molecule has 0 aliphatic heterocycles. The Morgan fingerprint density at radius 3 is 2.38 bits per heavy atom. The van der Waals surface area contributed by atoms with Gasteiger partial charge in [0.25, 0.3) is 0 Å². The maximum Gasteiger partial charge on any atom is 0.127 e. The van der Waals surface area contributed by atoms with Crippen LogP contribution in [0.4, 0.5) is 4.39 Å². The lowest BCUT2D eigenvalue weighted by Gasteiger charge is -2.23. The van der Waals surface area contributed by atoms with Gasteiger partial charge in [-0.05, 0) is 61.7 Å². The fourth-order valence-electron chi connectivity index (χ4n) is 2.64. The van der Waals surface area contributed by atoms with Crippen LogP contribution in [-0.4, -0.2) is 6.54 Å². The van der Waals surface area contributed by atoms with E-state index in [0.717, 1.165) is 12.1 Å². The van der Waals surface area contributed by atoms with Crippen molar-refractivity contribution in [3.8, 4) is 0 Å². The Balaban J connectivity index is 2.55. The fraction of sp³-hybridized carbons (Fsp3) is 0.333. The molecule has 2 aromatic carbocycles. The molecule has 0 aliphatic carbocycles. The molecule has 0 spiro atoms. The Morgan fingerprint density at radius 1 is 1.05 bits per heavy atom. The number of rotatable bonds is 4. The lowest BCUT2D eigenvalue weighted by Crippen LogP contribution is -2.23. The van der Waals surface area contributed by atoms with Gasteiger partial charge in [0.15, 0.2) is 0 Å². The molecule has 1 unspecified atom stereocenters. The van der Waals surface area contributed by atoms with Crippen molar-refractivity contribution in [2.75, 3.05) is 6.54 Å². The van der Waals surface area contributed by atoms with E-state index in [1.807, 2.05) is 6.07 Å². The number of nitrogens with one attached hydrogen (secondary N) is 1. The monoisotopic (exact) mass is 305 g/mol. The van der Waals surface area contributed by atoms with Gasteiger partial charge in [-0.15, -0.1) is 0 Å². The van der Waals surface area contributed by atoms with E-state index in [9.17, 15) is 4.39 Å². The van der Waals surface area contributed by atoms with Gasteiger partial charge in [0, 0.05) is 5.02 Å². The molecule has 1 atom stereocenters. The zero-order chi connectivity index (χ0) is 15.6. The third-order valence-corrected chi connectivity index (χ3v) is 4.06. The first-order chi connectivity index (χ1) is 9.93. The van der Waals surface area contributed by atoms with E-state index in [0.29, 0.717) is 10.6 Å². The van der Waals surface area contributed by atoms with Crippen LogP contribution >= 0.6 is 11.6 Å². The number of hydrogen-bond donors (Lipinski definition) is 1. The molecule has 0 aliphatic rings. The number of benzene rings is 2. The van der Waals surface area contributed by atoms with Gasteiger partial charge < -0.3 is 5.32 Å². The van der Waals surface area contributed by atoms with Crippen molar-refractivity contribution in [1.82, 2.24) is 5.32 Å². The Hall–Kier alpha value is -1.38. The largest absolute Gasteiger partial charge is 0.306 e. The van der Waals surface area contributed by atoms with Gasteiger partial charge in [-0.25, -0.2) is 4.39 Å². The molecule has 1 N–H and O–H groups in total. The Kier molecular flexibility index (Phi) is 5.02. The zero-order valence-corrected chi connectivity index (χ0v) is 13.7. The molecule has 0 saturated carbocycles. The van der Waals surface area contributed by atoms with E-state index in [4.69, 9.17) is 11.6 Å². The lowest BCUT2D eigenvalue weighted by molar-refractivity contribution is 0.605. The van der Waals surface area contributed by atoms with E-state index in [2.05, 4.69) is 44.3 Å². The van der Waals surface area contributed by atoms with Gasteiger partial charge >= 0.3 is 0 Å². The molecule has 0 amide bonds. The minimum Gasteiger partial charge on any atom is -0.306 e. The highest BCUT2D eigenvalue weighted by atomic mass is 35.5. The molecular weight excluding hydrogens is 285 g/mol. The second kappa shape index (κ2) is 6.59. The molecule has 0 bridgehead atoms. The smallest absolute Gasteiger partial charge is 0.127 e. The molecule has 1 nitrogen and oxygen atoms in total. The standard InChI is InChI=1S/C18H21ClFN/c1-5-21-18(14-7-6-11(2)8-12(14)3)15-9-13(4)17(20)10-16(15)19/h6-10,18,21H,5H2,1-4H3. The van der Waals surface area contributed by atoms with Crippen LogP contribution in [0, 0.1) is 26.6 Å². The van der Waals surface area contributed by atoms with Crippen molar-refractivity contribution < 1.29 is 4.39 Å². The average Bonchev–Trinajstić information content (AvgIpc) is 2.41. The van der Waals surface area contributed by atoms with E-state index in [-0.39, 0.29) is 11.9 Å². The Labute approximate surface area is 131 Å². The predicted octanol–water partition coefficient (Wildman–Crippen LogP) is 5.10. The maximum absolute atomic E-state index is 13.6. The van der Waals surface area contributed by atoms with Crippen LogP contribution in [0.5, 0.6) is 0 Å². The third-order valence-electron chi connectivity index (χ3n) is 3.73. The van der Waals surface area contributed by atoms with E-state index in [1.54, 1.807) is 6.92 Å². The SMILES string of the molecule is CCNC(c1ccc(C)cc1C)c1cc(C)c(F)cc1Cl. The second-order valence-corrected chi connectivity index (χ2v) is 5.88. The van der Waals surface area contributed by atoms with Crippen LogP contribution in [0.25, 0.3) is 0 Å². The molecular formula is C18H21ClFN. The molecule has 2 aromatic rings. The Morgan fingerprint density at radius 2 is 1.76 bits per heavy atom. The fourth-order valence-corrected chi connectivity index (χ4v) is 2.90. The molecule has 2 rings (SSSR count). The number of halogens is 2. The molecule has 0 heterocycles. The highest BCUT2D eigenvalue weighted by Crippen LogP contribution is 2.32. The highest BCUT2D eigenvalue weighted by Gasteiger charge is 2.19. The van der Waals surface area contributed by atoms with Crippen LogP contribution in [0.15, 0.2) is 30.3 Å². The van der Waals surface area contributed by atoms with Gasteiger partial charge in [-0.2, -0.15) is 0 Å². The minimum absolute atomic E-state index is 0.0256. The van der Waals surface area contributed by atoms with Crippen molar-refractivity contribution in [2.24, 2.45) is 0 Å². The summed E-state index contributed by atoms with van der Waals surface area (Å²) in [5.41, 5.74) is 5.15. The van der Waals surface area contributed by atoms with Gasteiger partial charge in [0.05, 0.1) is 6.04 Å². The molecule has 21 heavy (non-hydrogen) atoms. The maximum atomic E-state index is 13.6. The topological polar surface area (TPSA) is 12.0 Å². The van der Waals surface area contributed by atoms with Gasteiger partial charge in [0.2, 0.25) is 0 Å². The first kappa shape index (κ1) is 16.0. The van der Waals surface area contributed by atoms with Crippen molar-refractivity contribution in [3.63, 3.8) is 0 Å². The van der Waals surface area contributed by atoms with Gasteiger partial charge in [-0.1, -0.05) is 42.3 Å². The molecule has 112 valence electrons. The molecule has 0 saturated heterocycles. The quantitative estimate of drug-likeness (QED) is 0.828. The zero-order valence-electron chi connectivity index (χ0n) is 12.9. The van der Waals surface area contributed by atoms with Gasteiger partial charge in [-0.3, -0.25) is 0 Å².